The summed E-state index contributed by atoms with van der Waals surface area (Å²) in [6, 6.07) is 5.15. The van der Waals surface area contributed by atoms with Gasteiger partial charge in [-0.15, -0.1) is 0 Å². The molecule has 0 saturated heterocycles. The van der Waals surface area contributed by atoms with E-state index in [9.17, 15) is 39.3 Å². The number of nitrogens with zero attached hydrogens (tertiary/aromatic N) is 3. The van der Waals surface area contributed by atoms with Crippen LogP contribution in [0.5, 0.6) is 0 Å². The molecule has 0 unspecified atom stereocenters. The summed E-state index contributed by atoms with van der Waals surface area (Å²) in [5, 5.41) is 46.4. The molecule has 1 aromatic carbocycles. The average Bonchev–Trinajstić information content (AvgIpc) is 2.72. The van der Waals surface area contributed by atoms with Gasteiger partial charge in [0.1, 0.15) is 0 Å². The Bertz CT molecular complexity index is 899. The second-order valence-electron chi connectivity index (χ2n) is 8.42. The molecule has 0 radical (unpaired) electrons. The number of anilines is 1. The van der Waals surface area contributed by atoms with E-state index in [0.717, 1.165) is 4.90 Å². The monoisotopic (exact) mass is 670 g/mol. The molecular weight excluding hydrogens is 638 g/mol. The van der Waals surface area contributed by atoms with E-state index in [1.54, 1.807) is 31.2 Å². The maximum absolute atomic E-state index is 11.6. The summed E-state index contributed by atoms with van der Waals surface area (Å²) in [6.07, 6.45) is 0.166. The van der Waals surface area contributed by atoms with Gasteiger partial charge in [0, 0.05) is 70.8 Å². The van der Waals surface area contributed by atoms with Crippen molar-refractivity contribution in [1.29, 1.82) is 0 Å². The molecule has 15 heteroatoms. The van der Waals surface area contributed by atoms with Crippen LogP contribution in [0.1, 0.15) is 12.5 Å². The predicted octanol–water partition coefficient (Wildman–Crippen LogP) is -1.10. The van der Waals surface area contributed by atoms with Gasteiger partial charge >= 0.3 is 29.8 Å². The molecule has 7 N–H and O–H groups in total. The van der Waals surface area contributed by atoms with Gasteiger partial charge in [0.15, 0.2) is 0 Å². The molecule has 14 nitrogen and oxygen atoms in total. The first kappa shape index (κ1) is 34.6. The Labute approximate surface area is 245 Å². The van der Waals surface area contributed by atoms with Crippen molar-refractivity contribution in [2.45, 2.75) is 25.4 Å². The summed E-state index contributed by atoms with van der Waals surface area (Å²) >= 11 is 0. The zero-order valence-electron chi connectivity index (χ0n) is 20.2. The zero-order valence-corrected chi connectivity index (χ0v) is 22.4. The fourth-order valence-corrected chi connectivity index (χ4v) is 3.79. The Balaban J connectivity index is 0.0000130. The third-order valence-electron chi connectivity index (χ3n) is 5.29. The molecule has 0 aliphatic rings. The van der Waals surface area contributed by atoms with Crippen molar-refractivity contribution < 1.29 is 89.4 Å². The van der Waals surface area contributed by atoms with E-state index in [1.807, 2.05) is 0 Å². The maximum atomic E-state index is 11.6. The molecule has 1 rings (SSSR count). The van der Waals surface area contributed by atoms with Crippen LogP contribution in [0.2, 0.25) is 0 Å². The zero-order chi connectivity index (χ0) is 27.4. The predicted molar refractivity (Wildman–Crippen MR) is 126 cm³/mol. The second kappa shape index (κ2) is 17.2. The van der Waals surface area contributed by atoms with Gasteiger partial charge < -0.3 is 31.3 Å². The molecular formula is C22H32GdN4O10. The Morgan fingerprint density at radius 1 is 0.703 bits per heavy atom. The first-order valence-electron chi connectivity index (χ1n) is 10.9. The summed E-state index contributed by atoms with van der Waals surface area (Å²) < 4.78 is 0. The smallest absolute Gasteiger partial charge is 0.317 e. The van der Waals surface area contributed by atoms with Gasteiger partial charge in [-0.2, -0.15) is 0 Å². The van der Waals surface area contributed by atoms with Gasteiger partial charge in [0.2, 0.25) is 0 Å². The van der Waals surface area contributed by atoms with Crippen molar-refractivity contribution >= 4 is 35.5 Å². The normalized spacial score (nSPS) is 12.6. The number of carbonyl (C=O) groups is 5. The van der Waals surface area contributed by atoms with Crippen molar-refractivity contribution in [3.8, 4) is 0 Å². The number of carboxylic acid groups (broad SMARTS) is 5. The van der Waals surface area contributed by atoms with Gasteiger partial charge in [-0.3, -0.25) is 38.7 Å². The SMILES string of the molecule is C[C@@H](CN(CC(=O)O)C[C@H](Cc1ccc(N)cc1)N(CC(=O)O)CC(=O)O)N(CC(=O)O)CC(=O)O.[Gd]. The fraction of sp³-hybridized carbons (Fsp3) is 0.500. The Morgan fingerprint density at radius 3 is 1.51 bits per heavy atom. The van der Waals surface area contributed by atoms with Crippen LogP contribution in [0, 0.1) is 39.9 Å². The number of benzene rings is 1. The first-order chi connectivity index (χ1) is 16.8. The molecule has 2 atom stereocenters. The molecule has 0 heterocycles. The number of carboxylic acids is 5. The van der Waals surface area contributed by atoms with Crippen LogP contribution < -0.4 is 5.73 Å². The first-order valence-corrected chi connectivity index (χ1v) is 10.9. The topological polar surface area (TPSA) is 222 Å². The van der Waals surface area contributed by atoms with Crippen molar-refractivity contribution in [2.24, 2.45) is 0 Å². The summed E-state index contributed by atoms with van der Waals surface area (Å²) in [4.78, 5) is 60.6. The van der Waals surface area contributed by atoms with Gasteiger partial charge in [-0.1, -0.05) is 12.1 Å². The van der Waals surface area contributed by atoms with Crippen molar-refractivity contribution in [2.75, 3.05) is 51.5 Å². The van der Waals surface area contributed by atoms with Crippen LogP contribution in [0.4, 0.5) is 5.69 Å². The Kier molecular flexibility index (Phi) is 16.0. The molecule has 0 aliphatic carbocycles. The summed E-state index contributed by atoms with van der Waals surface area (Å²) in [5.41, 5.74) is 6.90. The van der Waals surface area contributed by atoms with Crippen molar-refractivity contribution in [1.82, 2.24) is 14.7 Å². The molecule has 0 aromatic heterocycles. The second-order valence-corrected chi connectivity index (χ2v) is 8.42. The minimum Gasteiger partial charge on any atom is -0.480 e. The Morgan fingerprint density at radius 2 is 1.11 bits per heavy atom. The summed E-state index contributed by atoms with van der Waals surface area (Å²) in [6.45, 7) is -1.55. The summed E-state index contributed by atoms with van der Waals surface area (Å²) in [7, 11) is 0. The molecule has 1 aromatic rings. The maximum Gasteiger partial charge on any atom is 0.317 e. The Hall–Kier alpha value is -2.43. The molecule has 0 spiro atoms. The molecule has 0 bridgehead atoms. The van der Waals surface area contributed by atoms with E-state index in [0.29, 0.717) is 11.3 Å². The quantitative estimate of drug-likeness (QED) is 0.102. The minimum absolute atomic E-state index is 0. The standard InChI is InChI=1S/C22H32N4O10.Gd/c1-14(25(10-19(29)30)11-20(31)32)7-24(9-18(27)28)8-17(6-15-2-4-16(23)5-3-15)26(12-21(33)34)13-22(35)36;/h2-5,14,17H,6-13,23H2,1H3,(H,27,28)(H,29,30)(H,31,32)(H,33,34)(H,35,36);/t14-,17-;/m0./s1. The van der Waals surface area contributed by atoms with Gasteiger partial charge in [-0.25, -0.2) is 0 Å². The number of hydrogen-bond donors (Lipinski definition) is 6. The number of aliphatic carboxylic acids is 5. The van der Waals surface area contributed by atoms with Gasteiger partial charge in [-0.05, 0) is 31.0 Å². The molecule has 0 saturated carbocycles. The van der Waals surface area contributed by atoms with E-state index < -0.39 is 74.7 Å². The number of nitrogen functional groups attached to an aromatic ring is 1. The van der Waals surface area contributed by atoms with Gasteiger partial charge in [0.25, 0.3) is 0 Å². The largest absolute Gasteiger partial charge is 0.480 e. The number of hydrogen-bond acceptors (Lipinski definition) is 9. The average molecular weight is 670 g/mol. The van der Waals surface area contributed by atoms with E-state index in [1.165, 1.54) is 9.80 Å². The molecule has 0 fully saturated rings. The van der Waals surface area contributed by atoms with Crippen LogP contribution in [-0.2, 0) is 30.4 Å². The van der Waals surface area contributed by atoms with E-state index in [2.05, 4.69) is 0 Å². The van der Waals surface area contributed by atoms with E-state index in [4.69, 9.17) is 15.9 Å². The van der Waals surface area contributed by atoms with Crippen LogP contribution in [-0.4, -0.2) is 128 Å². The van der Waals surface area contributed by atoms with Crippen molar-refractivity contribution in [3.63, 3.8) is 0 Å². The third kappa shape index (κ3) is 14.8. The fourth-order valence-electron chi connectivity index (χ4n) is 3.79. The van der Waals surface area contributed by atoms with E-state index in [-0.39, 0.29) is 59.5 Å². The third-order valence-corrected chi connectivity index (χ3v) is 5.29. The minimum atomic E-state index is -1.27. The van der Waals surface area contributed by atoms with Crippen LogP contribution in [0.15, 0.2) is 24.3 Å². The van der Waals surface area contributed by atoms with E-state index >= 15 is 0 Å². The molecule has 0 aliphatic heterocycles. The molecule has 37 heavy (non-hydrogen) atoms. The number of rotatable bonds is 18. The number of nitrogens with two attached hydrogens (primary N) is 1. The van der Waals surface area contributed by atoms with Crippen LogP contribution >= 0.6 is 0 Å². The summed E-state index contributed by atoms with van der Waals surface area (Å²) in [5.74, 6) is -6.29. The molecule has 208 valence electrons. The van der Waals surface area contributed by atoms with Crippen molar-refractivity contribution in [3.05, 3.63) is 29.8 Å². The molecule has 0 amide bonds. The van der Waals surface area contributed by atoms with Gasteiger partial charge in [0.05, 0.1) is 32.7 Å². The van der Waals surface area contributed by atoms with Crippen LogP contribution in [0.3, 0.4) is 0 Å². The van der Waals surface area contributed by atoms with Crippen LogP contribution in [0.25, 0.3) is 0 Å².